The molecule has 0 aromatic heterocycles. The number of nitrogens with zero attached hydrogens (tertiary/aromatic N) is 1. The van der Waals surface area contributed by atoms with Crippen LogP contribution in [0.4, 0.5) is 5.69 Å². The van der Waals surface area contributed by atoms with E-state index in [1.54, 1.807) is 36.4 Å². The summed E-state index contributed by atoms with van der Waals surface area (Å²) < 4.78 is 5.67. The topological polar surface area (TPSA) is 63.7 Å². The molecule has 0 unspecified atom stereocenters. The number of amides is 2. The average Bonchev–Trinajstić information content (AvgIpc) is 3.32. The Bertz CT molecular complexity index is 1800. The van der Waals surface area contributed by atoms with Gasteiger partial charge in [-0.05, 0) is 70.1 Å². The molecule has 5 aromatic rings. The van der Waals surface area contributed by atoms with Crippen LogP contribution in [0.5, 0.6) is 5.75 Å². The molecule has 3 aliphatic carbocycles. The van der Waals surface area contributed by atoms with E-state index in [4.69, 9.17) is 4.74 Å². The number of hydrogen-bond acceptors (Lipinski definition) is 4. The molecule has 1 saturated heterocycles. The van der Waals surface area contributed by atoms with E-state index in [1.807, 2.05) is 54.6 Å². The van der Waals surface area contributed by atoms with Gasteiger partial charge in [0.15, 0.2) is 0 Å². The number of rotatable bonds is 5. The van der Waals surface area contributed by atoms with E-state index < -0.39 is 17.8 Å². The average molecular weight is 562 g/mol. The van der Waals surface area contributed by atoms with Gasteiger partial charge in [-0.2, -0.15) is 0 Å². The maximum absolute atomic E-state index is 14.1. The van der Waals surface area contributed by atoms with Crippen LogP contribution in [0.1, 0.15) is 55.6 Å². The van der Waals surface area contributed by atoms with Crippen LogP contribution in [-0.4, -0.2) is 17.8 Å². The SMILES string of the molecule is O=C(Oc1ccc(Cc2ccccc2)cc1)c1cccc(N2C(=O)[C@@H]3C4c5ccccc5C(c5ccccc54)[C@@H]3C2=O)c1. The van der Waals surface area contributed by atoms with Gasteiger partial charge in [0, 0.05) is 11.8 Å². The Balaban J connectivity index is 1.06. The molecule has 0 radical (unpaired) electrons. The van der Waals surface area contributed by atoms with E-state index in [1.165, 1.54) is 10.5 Å². The smallest absolute Gasteiger partial charge is 0.343 e. The fourth-order valence-corrected chi connectivity index (χ4v) is 7.38. The Labute approximate surface area is 249 Å². The fourth-order valence-electron chi connectivity index (χ4n) is 7.38. The van der Waals surface area contributed by atoms with Gasteiger partial charge in [-0.3, -0.25) is 9.59 Å². The van der Waals surface area contributed by atoms with Crippen molar-refractivity contribution in [3.63, 3.8) is 0 Å². The van der Waals surface area contributed by atoms with Crippen LogP contribution < -0.4 is 9.64 Å². The number of ether oxygens (including phenoxy) is 1. The Morgan fingerprint density at radius 3 is 1.65 bits per heavy atom. The summed E-state index contributed by atoms with van der Waals surface area (Å²) in [7, 11) is 0. The number of hydrogen-bond donors (Lipinski definition) is 0. The van der Waals surface area contributed by atoms with Crippen LogP contribution in [-0.2, 0) is 16.0 Å². The third-order valence-electron chi connectivity index (χ3n) is 9.17. The molecular formula is C38H27NO4. The zero-order valence-corrected chi connectivity index (χ0v) is 23.2. The van der Waals surface area contributed by atoms with E-state index in [0.29, 0.717) is 11.4 Å². The monoisotopic (exact) mass is 561 g/mol. The van der Waals surface area contributed by atoms with Crippen molar-refractivity contribution in [3.05, 3.63) is 166 Å². The summed E-state index contributed by atoms with van der Waals surface area (Å²) in [5.74, 6) is -1.86. The zero-order valence-electron chi connectivity index (χ0n) is 23.2. The molecule has 208 valence electrons. The molecule has 9 rings (SSSR count). The summed E-state index contributed by atoms with van der Waals surface area (Å²) >= 11 is 0. The second-order valence-electron chi connectivity index (χ2n) is 11.5. The lowest BCUT2D eigenvalue weighted by Gasteiger charge is -2.45. The molecule has 0 N–H and O–H groups in total. The Hall–Kier alpha value is -5.29. The summed E-state index contributed by atoms with van der Waals surface area (Å²) in [5.41, 5.74) is 7.49. The van der Waals surface area contributed by atoms with Gasteiger partial charge in [0.25, 0.3) is 0 Å². The highest BCUT2D eigenvalue weighted by atomic mass is 16.5. The first-order chi connectivity index (χ1) is 21.1. The lowest BCUT2D eigenvalue weighted by Crippen LogP contribution is -2.41. The quantitative estimate of drug-likeness (QED) is 0.133. The minimum Gasteiger partial charge on any atom is -0.423 e. The van der Waals surface area contributed by atoms with Gasteiger partial charge in [-0.1, -0.05) is 97.1 Å². The molecule has 5 heteroatoms. The van der Waals surface area contributed by atoms with Gasteiger partial charge in [0.1, 0.15) is 5.75 Å². The molecule has 4 aliphatic rings. The highest BCUT2D eigenvalue weighted by Gasteiger charge is 2.61. The van der Waals surface area contributed by atoms with Crippen molar-refractivity contribution in [2.45, 2.75) is 18.3 Å². The summed E-state index contributed by atoms with van der Waals surface area (Å²) in [6.07, 6.45) is 0.787. The Morgan fingerprint density at radius 2 is 1.09 bits per heavy atom. The Morgan fingerprint density at radius 1 is 0.581 bits per heavy atom. The standard InChI is InChI=1S/C38H27NO4/c40-36-34-32-28-13-4-5-14-29(28)33(31-16-7-6-15-30(31)32)35(34)37(41)39(36)26-12-8-11-25(22-26)38(42)43-27-19-17-24(18-20-27)21-23-9-2-1-3-10-23/h1-20,22,32-35H,21H2/t32?,33?,34-,35+. The first kappa shape index (κ1) is 25.4. The maximum Gasteiger partial charge on any atom is 0.343 e. The van der Waals surface area contributed by atoms with E-state index >= 15 is 0 Å². The molecule has 2 atom stereocenters. The largest absolute Gasteiger partial charge is 0.423 e. The van der Waals surface area contributed by atoms with Gasteiger partial charge in [0.2, 0.25) is 11.8 Å². The van der Waals surface area contributed by atoms with Crippen molar-refractivity contribution in [1.82, 2.24) is 0 Å². The van der Waals surface area contributed by atoms with Gasteiger partial charge >= 0.3 is 5.97 Å². The van der Waals surface area contributed by atoms with Crippen molar-refractivity contribution in [1.29, 1.82) is 0 Å². The number of esters is 1. The third-order valence-corrected chi connectivity index (χ3v) is 9.17. The number of imide groups is 1. The summed E-state index contributed by atoms with van der Waals surface area (Å²) in [4.78, 5) is 42.6. The van der Waals surface area contributed by atoms with Crippen molar-refractivity contribution >= 4 is 23.5 Å². The van der Waals surface area contributed by atoms with Crippen LogP contribution >= 0.6 is 0 Å². The van der Waals surface area contributed by atoms with E-state index in [0.717, 1.165) is 34.2 Å². The van der Waals surface area contributed by atoms with Crippen LogP contribution in [0.15, 0.2) is 127 Å². The maximum atomic E-state index is 14.1. The summed E-state index contributed by atoms with van der Waals surface area (Å²) in [6, 6.07) is 40.6. The lowest BCUT2D eigenvalue weighted by molar-refractivity contribution is -0.122. The highest BCUT2D eigenvalue weighted by molar-refractivity contribution is 6.23. The van der Waals surface area contributed by atoms with E-state index in [9.17, 15) is 14.4 Å². The molecule has 0 spiro atoms. The fraction of sp³-hybridized carbons (Fsp3) is 0.132. The van der Waals surface area contributed by atoms with Crippen LogP contribution in [0.2, 0.25) is 0 Å². The summed E-state index contributed by atoms with van der Waals surface area (Å²) in [5, 5.41) is 0. The first-order valence-electron chi connectivity index (χ1n) is 14.6. The number of anilines is 1. The second kappa shape index (κ2) is 9.92. The molecular weight excluding hydrogens is 534 g/mol. The predicted molar refractivity (Wildman–Crippen MR) is 163 cm³/mol. The molecule has 0 saturated carbocycles. The molecule has 1 aliphatic heterocycles. The van der Waals surface area contributed by atoms with Crippen molar-refractivity contribution in [2.75, 3.05) is 4.90 Å². The minimum atomic E-state index is -0.547. The summed E-state index contributed by atoms with van der Waals surface area (Å²) in [6.45, 7) is 0. The number of carbonyl (C=O) groups is 3. The molecule has 5 aromatic carbocycles. The molecule has 1 heterocycles. The lowest BCUT2D eigenvalue weighted by atomic mass is 9.55. The second-order valence-corrected chi connectivity index (χ2v) is 11.5. The van der Waals surface area contributed by atoms with Crippen molar-refractivity contribution in [2.24, 2.45) is 11.8 Å². The molecule has 43 heavy (non-hydrogen) atoms. The van der Waals surface area contributed by atoms with Crippen LogP contribution in [0.25, 0.3) is 0 Å². The van der Waals surface area contributed by atoms with Crippen LogP contribution in [0, 0.1) is 11.8 Å². The number of benzene rings is 5. The van der Waals surface area contributed by atoms with Crippen molar-refractivity contribution in [3.8, 4) is 5.75 Å². The predicted octanol–water partition coefficient (Wildman–Crippen LogP) is 6.89. The minimum absolute atomic E-state index is 0.179. The molecule has 1 fully saturated rings. The van der Waals surface area contributed by atoms with Crippen LogP contribution in [0.3, 0.4) is 0 Å². The van der Waals surface area contributed by atoms with Gasteiger partial charge < -0.3 is 4.74 Å². The van der Waals surface area contributed by atoms with Gasteiger partial charge in [0.05, 0.1) is 23.1 Å². The Kier molecular flexibility index (Phi) is 5.86. The highest BCUT2D eigenvalue weighted by Crippen LogP contribution is 2.61. The zero-order chi connectivity index (χ0) is 29.1. The number of carbonyl (C=O) groups excluding carboxylic acids is 3. The van der Waals surface area contributed by atoms with Crippen molar-refractivity contribution < 1.29 is 19.1 Å². The molecule has 2 amide bonds. The molecule has 2 bridgehead atoms. The normalized spacial score (nSPS) is 21.3. The van der Waals surface area contributed by atoms with E-state index in [2.05, 4.69) is 36.4 Å². The van der Waals surface area contributed by atoms with E-state index in [-0.39, 0.29) is 29.2 Å². The molecule has 5 nitrogen and oxygen atoms in total. The van der Waals surface area contributed by atoms with Gasteiger partial charge in [-0.25, -0.2) is 9.69 Å². The van der Waals surface area contributed by atoms with Gasteiger partial charge in [-0.15, -0.1) is 0 Å². The third kappa shape index (κ3) is 4.03. The first-order valence-corrected chi connectivity index (χ1v) is 14.6.